The van der Waals surface area contributed by atoms with E-state index in [2.05, 4.69) is 4.90 Å². The fraction of sp³-hybridized carbons (Fsp3) is 0.433. The van der Waals surface area contributed by atoms with Gasteiger partial charge >= 0.3 is 0 Å². The van der Waals surface area contributed by atoms with Gasteiger partial charge in [-0.3, -0.25) is 9.69 Å². The lowest BCUT2D eigenvalue weighted by atomic mass is 9.87. The molecule has 1 aromatic heterocycles. The van der Waals surface area contributed by atoms with Gasteiger partial charge in [-0.25, -0.2) is 0 Å². The third kappa shape index (κ3) is 6.04. The first-order valence-corrected chi connectivity index (χ1v) is 15.3. The maximum Gasteiger partial charge on any atom is 0.196 e. The van der Waals surface area contributed by atoms with Gasteiger partial charge in [-0.2, -0.15) is 0 Å². The van der Waals surface area contributed by atoms with Gasteiger partial charge in [0.25, 0.3) is 0 Å². The number of anilines is 1. The quantitative estimate of drug-likeness (QED) is 0.285. The fourth-order valence-electron chi connectivity index (χ4n) is 6.07. The first-order valence-electron chi connectivity index (χ1n) is 13.3. The number of halogens is 3. The summed E-state index contributed by atoms with van der Waals surface area (Å²) in [5.41, 5.74) is 9.81. The molecule has 3 aromatic rings. The van der Waals surface area contributed by atoms with E-state index >= 15 is 0 Å². The van der Waals surface area contributed by atoms with Crippen LogP contribution in [0.2, 0.25) is 15.1 Å². The summed E-state index contributed by atoms with van der Waals surface area (Å²) in [5, 5.41) is 2.16. The molecule has 2 fully saturated rings. The van der Waals surface area contributed by atoms with Gasteiger partial charge in [-0.15, -0.1) is 11.3 Å². The number of hydrogen-bond acceptors (Lipinski definition) is 4. The highest BCUT2D eigenvalue weighted by molar-refractivity contribution is 7.20. The molecule has 0 amide bonds. The molecule has 1 heterocycles. The first-order chi connectivity index (χ1) is 17.9. The predicted molar refractivity (Wildman–Crippen MR) is 158 cm³/mol. The molecule has 37 heavy (non-hydrogen) atoms. The van der Waals surface area contributed by atoms with E-state index in [1.54, 1.807) is 24.3 Å². The molecule has 2 N–H and O–H groups in total. The van der Waals surface area contributed by atoms with E-state index in [-0.39, 0.29) is 5.78 Å². The van der Waals surface area contributed by atoms with Crippen LogP contribution in [0.4, 0.5) is 5.00 Å². The van der Waals surface area contributed by atoms with Gasteiger partial charge in [-0.05, 0) is 73.2 Å². The first kappa shape index (κ1) is 27.0. The Balaban J connectivity index is 1.61. The average Bonchev–Trinajstić information content (AvgIpc) is 3.25. The van der Waals surface area contributed by atoms with Crippen LogP contribution in [0, 0.1) is 0 Å². The summed E-state index contributed by atoms with van der Waals surface area (Å²) in [6, 6.07) is 13.8. The summed E-state index contributed by atoms with van der Waals surface area (Å²) >= 11 is 20.3. The zero-order valence-corrected chi connectivity index (χ0v) is 24.0. The van der Waals surface area contributed by atoms with Crippen molar-refractivity contribution >= 4 is 56.9 Å². The largest absolute Gasteiger partial charge is 0.390 e. The number of carbonyl (C=O) groups is 1. The number of hydrogen-bond donors (Lipinski definition) is 1. The molecule has 5 rings (SSSR count). The van der Waals surface area contributed by atoms with Crippen LogP contribution >= 0.6 is 46.1 Å². The van der Waals surface area contributed by atoms with E-state index < -0.39 is 0 Å². The van der Waals surface area contributed by atoms with Crippen LogP contribution in [0.25, 0.3) is 10.4 Å². The van der Waals surface area contributed by atoms with E-state index in [1.807, 2.05) is 18.2 Å². The molecular weight excluding hydrogens is 543 g/mol. The normalized spacial score (nSPS) is 17.4. The number of rotatable bonds is 7. The second kappa shape index (κ2) is 12.1. The third-order valence-electron chi connectivity index (χ3n) is 7.98. The van der Waals surface area contributed by atoms with Crippen LogP contribution in [0.3, 0.4) is 0 Å². The van der Waals surface area contributed by atoms with E-state index in [1.165, 1.54) is 75.5 Å². The summed E-state index contributed by atoms with van der Waals surface area (Å²) in [6.07, 6.45) is 12.6. The van der Waals surface area contributed by atoms with Crippen molar-refractivity contribution in [2.45, 2.75) is 82.8 Å². The Morgan fingerprint density at radius 3 is 2.00 bits per heavy atom. The Kier molecular flexibility index (Phi) is 8.83. The molecule has 0 radical (unpaired) electrons. The molecule has 196 valence electrons. The molecule has 2 aliphatic rings. The molecule has 2 aromatic carbocycles. The van der Waals surface area contributed by atoms with Crippen LogP contribution in [0.15, 0.2) is 42.5 Å². The minimum Gasteiger partial charge on any atom is -0.390 e. The minimum absolute atomic E-state index is 0.0565. The van der Waals surface area contributed by atoms with E-state index in [9.17, 15) is 4.79 Å². The highest BCUT2D eigenvalue weighted by Gasteiger charge is 2.33. The van der Waals surface area contributed by atoms with Crippen LogP contribution in [-0.4, -0.2) is 22.8 Å². The molecule has 0 spiro atoms. The average molecular weight is 576 g/mol. The van der Waals surface area contributed by atoms with Gasteiger partial charge in [-0.1, -0.05) is 79.4 Å². The van der Waals surface area contributed by atoms with Crippen LogP contribution in [-0.2, 0) is 6.54 Å². The van der Waals surface area contributed by atoms with Gasteiger partial charge in [0.2, 0.25) is 0 Å². The Labute approximate surface area is 238 Å². The van der Waals surface area contributed by atoms with Crippen LogP contribution < -0.4 is 5.73 Å². The molecule has 3 nitrogen and oxygen atoms in total. The summed E-state index contributed by atoms with van der Waals surface area (Å²) in [7, 11) is 0. The number of nitrogen functional groups attached to an aromatic ring is 1. The lowest BCUT2D eigenvalue weighted by Crippen LogP contribution is -2.44. The predicted octanol–water partition coefficient (Wildman–Crippen LogP) is 9.66. The summed E-state index contributed by atoms with van der Waals surface area (Å²) in [4.78, 5) is 17.6. The lowest BCUT2D eigenvalue weighted by molar-refractivity contribution is 0.0728. The van der Waals surface area contributed by atoms with E-state index in [0.717, 1.165) is 16.0 Å². The summed E-state index contributed by atoms with van der Waals surface area (Å²) < 4.78 is 0. The molecular formula is C30H33Cl3N2OS. The van der Waals surface area contributed by atoms with Crippen molar-refractivity contribution in [3.63, 3.8) is 0 Å². The van der Waals surface area contributed by atoms with Crippen molar-refractivity contribution in [3.05, 3.63) is 74.2 Å². The number of nitrogens with zero attached hydrogens (tertiary/aromatic N) is 1. The molecule has 0 saturated heterocycles. The molecule has 0 aliphatic heterocycles. The summed E-state index contributed by atoms with van der Waals surface area (Å²) in [5.74, 6) is -0.0565. The molecule has 0 bridgehead atoms. The Morgan fingerprint density at radius 2 is 1.43 bits per heavy atom. The molecule has 7 heteroatoms. The van der Waals surface area contributed by atoms with Gasteiger partial charge in [0.15, 0.2) is 5.78 Å². The standard InChI is InChI=1S/C30H33Cl3N2OS/c31-21-14-11-19(12-15-21)28(36)27-24(29(37-30(27)34)20-13-16-25(32)26(33)17-20)18-35(22-7-3-1-4-8-22)23-9-5-2-6-10-23/h11-17,22-23H,1-10,18,34H2. The Bertz CT molecular complexity index is 1230. The number of carbonyl (C=O) groups excluding carboxylic acids is 1. The number of nitrogens with two attached hydrogens (primary N) is 1. The summed E-state index contributed by atoms with van der Waals surface area (Å²) in [6.45, 7) is 0.716. The second-order valence-electron chi connectivity index (χ2n) is 10.4. The van der Waals surface area contributed by atoms with Gasteiger partial charge in [0, 0.05) is 34.1 Å². The highest BCUT2D eigenvalue weighted by atomic mass is 35.5. The second-order valence-corrected chi connectivity index (χ2v) is 12.7. The zero-order valence-electron chi connectivity index (χ0n) is 20.9. The van der Waals surface area contributed by atoms with Gasteiger partial charge < -0.3 is 5.73 Å². The van der Waals surface area contributed by atoms with Crippen molar-refractivity contribution in [1.29, 1.82) is 0 Å². The molecule has 2 aliphatic carbocycles. The van der Waals surface area contributed by atoms with Crippen molar-refractivity contribution < 1.29 is 4.79 Å². The van der Waals surface area contributed by atoms with Gasteiger partial charge in [0.05, 0.1) is 20.6 Å². The van der Waals surface area contributed by atoms with E-state index in [4.69, 9.17) is 40.5 Å². The van der Waals surface area contributed by atoms with Crippen LogP contribution in [0.1, 0.15) is 85.7 Å². The maximum atomic E-state index is 13.9. The maximum absolute atomic E-state index is 13.9. The fourth-order valence-corrected chi connectivity index (χ4v) is 7.56. The topological polar surface area (TPSA) is 46.3 Å². The number of thiophene rings is 1. The molecule has 2 saturated carbocycles. The highest BCUT2D eigenvalue weighted by Crippen LogP contribution is 2.43. The molecule has 0 atom stereocenters. The van der Waals surface area contributed by atoms with Crippen molar-refractivity contribution in [3.8, 4) is 10.4 Å². The van der Waals surface area contributed by atoms with E-state index in [0.29, 0.717) is 49.8 Å². The SMILES string of the molecule is Nc1sc(-c2ccc(Cl)c(Cl)c2)c(CN(C2CCCCC2)C2CCCCC2)c1C(=O)c1ccc(Cl)cc1. The monoisotopic (exact) mass is 574 g/mol. The Morgan fingerprint density at radius 1 is 0.838 bits per heavy atom. The van der Waals surface area contributed by atoms with Crippen molar-refractivity contribution in [2.24, 2.45) is 0 Å². The van der Waals surface area contributed by atoms with Crippen LogP contribution in [0.5, 0.6) is 0 Å². The Hall–Kier alpha value is -1.56. The molecule has 0 unspecified atom stereocenters. The lowest BCUT2D eigenvalue weighted by Gasteiger charge is -2.42. The number of ketones is 1. The van der Waals surface area contributed by atoms with Gasteiger partial charge in [0.1, 0.15) is 0 Å². The zero-order chi connectivity index (χ0) is 25.9. The van der Waals surface area contributed by atoms with Crippen molar-refractivity contribution in [2.75, 3.05) is 5.73 Å². The van der Waals surface area contributed by atoms with Crippen molar-refractivity contribution in [1.82, 2.24) is 4.90 Å². The minimum atomic E-state index is -0.0565. The third-order valence-corrected chi connectivity index (χ3v) is 10.1. The smallest absolute Gasteiger partial charge is 0.196 e. The number of benzene rings is 2.